The Morgan fingerprint density at radius 2 is 1.78 bits per heavy atom. The minimum absolute atomic E-state index is 0.0947. The van der Waals surface area contributed by atoms with E-state index < -0.39 is 5.91 Å². The zero-order valence-corrected chi connectivity index (χ0v) is 13.1. The van der Waals surface area contributed by atoms with Gasteiger partial charge in [-0.3, -0.25) is 4.79 Å². The normalized spacial score (nSPS) is 11.9. The number of carbonyl (C=O) groups is 1. The molecule has 1 unspecified atom stereocenters. The summed E-state index contributed by atoms with van der Waals surface area (Å²) in [4.78, 5) is 12.2. The highest BCUT2D eigenvalue weighted by Gasteiger charge is 2.19. The van der Waals surface area contributed by atoms with Crippen LogP contribution in [0.1, 0.15) is 29.2 Å². The van der Waals surface area contributed by atoms with Gasteiger partial charge in [0.2, 0.25) is 5.89 Å². The number of aromatic nitrogens is 2. The predicted octanol–water partition coefficient (Wildman–Crippen LogP) is 3.88. The van der Waals surface area contributed by atoms with Gasteiger partial charge in [-0.05, 0) is 24.6 Å². The third kappa shape index (κ3) is 3.40. The van der Waals surface area contributed by atoms with Crippen LogP contribution in [0.4, 0.5) is 0 Å². The number of nitrogens with zero attached hydrogens (tertiary/aromatic N) is 2. The van der Waals surface area contributed by atoms with Crippen molar-refractivity contribution >= 4 is 17.5 Å². The molecule has 1 atom stereocenters. The monoisotopic (exact) mass is 327 g/mol. The van der Waals surface area contributed by atoms with Gasteiger partial charge in [-0.1, -0.05) is 54.1 Å². The molecule has 0 bridgehead atoms. The first kappa shape index (κ1) is 15.2. The van der Waals surface area contributed by atoms with E-state index in [-0.39, 0.29) is 17.8 Å². The molecule has 23 heavy (non-hydrogen) atoms. The van der Waals surface area contributed by atoms with Crippen LogP contribution < -0.4 is 5.32 Å². The van der Waals surface area contributed by atoms with Crippen molar-refractivity contribution in [1.82, 2.24) is 15.5 Å². The molecule has 5 nitrogen and oxygen atoms in total. The van der Waals surface area contributed by atoms with E-state index in [1.54, 1.807) is 18.2 Å². The van der Waals surface area contributed by atoms with Crippen molar-refractivity contribution in [2.75, 3.05) is 0 Å². The van der Waals surface area contributed by atoms with Crippen LogP contribution in [0.25, 0.3) is 11.5 Å². The van der Waals surface area contributed by atoms with Gasteiger partial charge in [0.05, 0.1) is 16.6 Å². The van der Waals surface area contributed by atoms with Crippen molar-refractivity contribution in [2.45, 2.75) is 13.0 Å². The van der Waals surface area contributed by atoms with Crippen molar-refractivity contribution in [3.05, 3.63) is 71.1 Å². The van der Waals surface area contributed by atoms with Gasteiger partial charge < -0.3 is 9.73 Å². The van der Waals surface area contributed by atoms with Crippen molar-refractivity contribution in [1.29, 1.82) is 0 Å². The lowest BCUT2D eigenvalue weighted by Crippen LogP contribution is -2.26. The van der Waals surface area contributed by atoms with Crippen molar-refractivity contribution in [2.24, 2.45) is 0 Å². The largest absolute Gasteiger partial charge is 0.412 e. The number of carbonyl (C=O) groups excluding carboxylic acids is 1. The van der Waals surface area contributed by atoms with Crippen LogP contribution in [0, 0.1) is 0 Å². The Kier molecular flexibility index (Phi) is 4.39. The third-order valence-corrected chi connectivity index (χ3v) is 3.70. The van der Waals surface area contributed by atoms with E-state index in [0.717, 1.165) is 5.56 Å². The maximum atomic E-state index is 12.2. The van der Waals surface area contributed by atoms with E-state index in [2.05, 4.69) is 15.5 Å². The van der Waals surface area contributed by atoms with Crippen LogP contribution in [0.2, 0.25) is 5.02 Å². The Hall–Kier alpha value is -2.66. The first-order valence-corrected chi connectivity index (χ1v) is 7.47. The average molecular weight is 328 g/mol. The maximum Gasteiger partial charge on any atom is 0.309 e. The molecule has 3 aromatic rings. The first-order valence-electron chi connectivity index (χ1n) is 7.09. The van der Waals surface area contributed by atoms with Crippen LogP contribution in [-0.2, 0) is 0 Å². The van der Waals surface area contributed by atoms with E-state index in [1.807, 2.05) is 43.3 Å². The Morgan fingerprint density at radius 3 is 2.52 bits per heavy atom. The number of benzene rings is 2. The Labute approximate surface area is 138 Å². The fourth-order valence-corrected chi connectivity index (χ4v) is 2.36. The van der Waals surface area contributed by atoms with E-state index >= 15 is 0 Å². The second kappa shape index (κ2) is 6.62. The quantitative estimate of drug-likeness (QED) is 0.789. The molecule has 1 heterocycles. The molecule has 0 saturated heterocycles. The van der Waals surface area contributed by atoms with Gasteiger partial charge in [0.25, 0.3) is 0 Å². The standard InChI is InChI=1S/C17H14ClN3O2/c1-11(12-7-3-2-4-8-12)19-15(22)17-21-20-16(23-17)13-9-5-6-10-14(13)18/h2-11H,1H3,(H,19,22). The number of nitrogens with one attached hydrogen (secondary N) is 1. The smallest absolute Gasteiger partial charge is 0.309 e. The van der Waals surface area contributed by atoms with Gasteiger partial charge in [-0.25, -0.2) is 0 Å². The molecule has 1 amide bonds. The molecule has 0 fully saturated rings. The van der Waals surface area contributed by atoms with E-state index in [1.165, 1.54) is 0 Å². The van der Waals surface area contributed by atoms with Crippen molar-refractivity contribution in [3.8, 4) is 11.5 Å². The molecule has 0 radical (unpaired) electrons. The highest BCUT2D eigenvalue weighted by atomic mass is 35.5. The van der Waals surface area contributed by atoms with Crippen LogP contribution in [0.5, 0.6) is 0 Å². The number of amides is 1. The summed E-state index contributed by atoms with van der Waals surface area (Å²) in [5, 5.41) is 11.0. The maximum absolute atomic E-state index is 12.2. The summed E-state index contributed by atoms with van der Waals surface area (Å²) in [6.07, 6.45) is 0. The fourth-order valence-electron chi connectivity index (χ4n) is 2.14. The lowest BCUT2D eigenvalue weighted by atomic mass is 10.1. The van der Waals surface area contributed by atoms with Crippen LogP contribution >= 0.6 is 11.6 Å². The van der Waals surface area contributed by atoms with Gasteiger partial charge in [0, 0.05) is 0 Å². The van der Waals surface area contributed by atoms with E-state index in [0.29, 0.717) is 10.6 Å². The number of hydrogen-bond acceptors (Lipinski definition) is 4. The number of halogens is 1. The van der Waals surface area contributed by atoms with Gasteiger partial charge in [-0.2, -0.15) is 0 Å². The zero-order valence-electron chi connectivity index (χ0n) is 12.4. The SMILES string of the molecule is CC(NC(=O)c1nnc(-c2ccccc2Cl)o1)c1ccccc1. The molecule has 1 aromatic heterocycles. The summed E-state index contributed by atoms with van der Waals surface area (Å²) in [6, 6.07) is 16.6. The lowest BCUT2D eigenvalue weighted by molar-refractivity contribution is 0.0905. The third-order valence-electron chi connectivity index (χ3n) is 3.37. The lowest BCUT2D eigenvalue weighted by Gasteiger charge is -2.12. The second-order valence-electron chi connectivity index (χ2n) is 5.00. The van der Waals surface area contributed by atoms with Gasteiger partial charge in [0.1, 0.15) is 0 Å². The fraction of sp³-hybridized carbons (Fsp3) is 0.118. The molecule has 0 saturated carbocycles. The highest BCUT2D eigenvalue weighted by molar-refractivity contribution is 6.33. The summed E-state index contributed by atoms with van der Waals surface area (Å²) >= 11 is 6.08. The van der Waals surface area contributed by atoms with E-state index in [9.17, 15) is 4.79 Å². The molecule has 0 aliphatic heterocycles. The molecule has 0 aliphatic rings. The zero-order chi connectivity index (χ0) is 16.2. The van der Waals surface area contributed by atoms with Crippen LogP contribution in [0.15, 0.2) is 59.0 Å². The molecule has 116 valence electrons. The summed E-state index contributed by atoms with van der Waals surface area (Å²) < 4.78 is 5.43. The van der Waals surface area contributed by atoms with Crippen LogP contribution in [0.3, 0.4) is 0 Å². The Bertz CT molecular complexity index is 817. The van der Waals surface area contributed by atoms with Crippen molar-refractivity contribution < 1.29 is 9.21 Å². The predicted molar refractivity (Wildman–Crippen MR) is 87.1 cm³/mol. The first-order chi connectivity index (χ1) is 11.1. The second-order valence-corrected chi connectivity index (χ2v) is 5.41. The molecule has 3 rings (SSSR count). The minimum atomic E-state index is -0.424. The molecule has 2 aromatic carbocycles. The highest BCUT2D eigenvalue weighted by Crippen LogP contribution is 2.26. The molecule has 1 N–H and O–H groups in total. The molecule has 0 aliphatic carbocycles. The van der Waals surface area contributed by atoms with Crippen molar-refractivity contribution in [3.63, 3.8) is 0 Å². The Morgan fingerprint density at radius 1 is 1.09 bits per heavy atom. The Balaban J connectivity index is 1.75. The molecular formula is C17H14ClN3O2. The van der Waals surface area contributed by atoms with Gasteiger partial charge in [0.15, 0.2) is 0 Å². The average Bonchev–Trinajstić information content (AvgIpc) is 3.06. The number of hydrogen-bond donors (Lipinski definition) is 1. The topological polar surface area (TPSA) is 68.0 Å². The summed E-state index contributed by atoms with van der Waals surface area (Å²) in [5.41, 5.74) is 1.59. The summed E-state index contributed by atoms with van der Waals surface area (Å²) in [5.74, 6) is -0.303. The number of rotatable bonds is 4. The van der Waals surface area contributed by atoms with E-state index in [4.69, 9.17) is 16.0 Å². The minimum Gasteiger partial charge on any atom is -0.412 e. The molecule has 0 spiro atoms. The van der Waals surface area contributed by atoms with Crippen LogP contribution in [-0.4, -0.2) is 16.1 Å². The molecule has 6 heteroatoms. The molecular weight excluding hydrogens is 314 g/mol. The summed E-state index contributed by atoms with van der Waals surface area (Å²) in [6.45, 7) is 1.89. The van der Waals surface area contributed by atoms with Gasteiger partial charge in [-0.15, -0.1) is 10.2 Å². The summed E-state index contributed by atoms with van der Waals surface area (Å²) in [7, 11) is 0. The van der Waals surface area contributed by atoms with Gasteiger partial charge >= 0.3 is 11.8 Å².